The van der Waals surface area contributed by atoms with Gasteiger partial charge in [0.25, 0.3) is 0 Å². The van der Waals surface area contributed by atoms with Gasteiger partial charge in [-0.15, -0.1) is 0 Å². The summed E-state index contributed by atoms with van der Waals surface area (Å²) in [6.07, 6.45) is -6.52. The van der Waals surface area contributed by atoms with Crippen LogP contribution in [0.25, 0.3) is 0 Å². The van der Waals surface area contributed by atoms with E-state index in [2.05, 4.69) is 0 Å². The Balaban J connectivity index is 1.68. The SMILES string of the molecule is CO[C@@H](c1ccc(C(F)(F)F)cc1CN1C(=O)O[C@H](c2cc(C)cc(C(F)(F)F)c2)[C@@H]1C)C1CCCCC1. The number of alkyl halides is 6. The Morgan fingerprint density at radius 3 is 2.24 bits per heavy atom. The molecule has 1 saturated carbocycles. The fourth-order valence-corrected chi connectivity index (χ4v) is 5.69. The van der Waals surface area contributed by atoms with Gasteiger partial charge in [0.15, 0.2) is 0 Å². The van der Waals surface area contributed by atoms with E-state index in [4.69, 9.17) is 9.47 Å². The summed E-state index contributed by atoms with van der Waals surface area (Å²) in [5, 5.41) is 0. The van der Waals surface area contributed by atoms with Gasteiger partial charge in [0.05, 0.1) is 23.3 Å². The smallest absolute Gasteiger partial charge is 0.416 e. The maximum Gasteiger partial charge on any atom is 0.416 e. The Labute approximate surface area is 217 Å². The molecule has 38 heavy (non-hydrogen) atoms. The van der Waals surface area contributed by atoms with Crippen LogP contribution in [0.5, 0.6) is 0 Å². The van der Waals surface area contributed by atoms with Crippen molar-refractivity contribution in [3.63, 3.8) is 0 Å². The molecule has 4 nitrogen and oxygen atoms in total. The van der Waals surface area contributed by atoms with Crippen LogP contribution in [0, 0.1) is 12.8 Å². The fourth-order valence-electron chi connectivity index (χ4n) is 5.69. The van der Waals surface area contributed by atoms with Crippen LogP contribution in [0.15, 0.2) is 36.4 Å². The van der Waals surface area contributed by atoms with Crippen LogP contribution >= 0.6 is 0 Å². The highest BCUT2D eigenvalue weighted by atomic mass is 19.4. The molecule has 2 aromatic rings. The van der Waals surface area contributed by atoms with Crippen molar-refractivity contribution in [1.29, 1.82) is 0 Å². The van der Waals surface area contributed by atoms with Gasteiger partial charge >= 0.3 is 18.4 Å². The number of nitrogens with zero attached hydrogens (tertiary/aromatic N) is 1. The van der Waals surface area contributed by atoms with E-state index in [-0.39, 0.29) is 23.6 Å². The highest BCUT2D eigenvalue weighted by molar-refractivity contribution is 5.71. The van der Waals surface area contributed by atoms with Gasteiger partial charge in [0.2, 0.25) is 0 Å². The molecule has 1 heterocycles. The molecule has 1 saturated heterocycles. The number of ether oxygens (including phenoxy) is 2. The maximum atomic E-state index is 13.6. The lowest BCUT2D eigenvalue weighted by Crippen LogP contribution is -2.32. The van der Waals surface area contributed by atoms with Gasteiger partial charge in [-0.25, -0.2) is 4.79 Å². The van der Waals surface area contributed by atoms with Gasteiger partial charge in [-0.3, -0.25) is 4.90 Å². The number of hydrogen-bond donors (Lipinski definition) is 0. The lowest BCUT2D eigenvalue weighted by Gasteiger charge is -2.32. The van der Waals surface area contributed by atoms with E-state index >= 15 is 0 Å². The van der Waals surface area contributed by atoms with E-state index in [1.807, 2.05) is 0 Å². The van der Waals surface area contributed by atoms with Gasteiger partial charge in [0, 0.05) is 13.7 Å². The summed E-state index contributed by atoms with van der Waals surface area (Å²) in [4.78, 5) is 14.2. The highest BCUT2D eigenvalue weighted by Crippen LogP contribution is 2.42. The number of halogens is 6. The molecule has 0 radical (unpaired) electrons. The second-order valence-corrected chi connectivity index (χ2v) is 10.3. The molecule has 3 atom stereocenters. The number of carbonyl (C=O) groups excluding carboxylic acids is 1. The summed E-state index contributed by atoms with van der Waals surface area (Å²) in [7, 11) is 1.53. The molecule has 2 aliphatic rings. The summed E-state index contributed by atoms with van der Waals surface area (Å²) >= 11 is 0. The van der Waals surface area contributed by atoms with Gasteiger partial charge in [-0.2, -0.15) is 26.3 Å². The Hall–Kier alpha value is -2.75. The van der Waals surface area contributed by atoms with Crippen LogP contribution < -0.4 is 0 Å². The molecule has 208 valence electrons. The van der Waals surface area contributed by atoms with Gasteiger partial charge in [-0.1, -0.05) is 37.0 Å². The van der Waals surface area contributed by atoms with Crippen molar-refractivity contribution in [3.8, 4) is 0 Å². The Morgan fingerprint density at radius 1 is 0.974 bits per heavy atom. The zero-order chi connectivity index (χ0) is 27.8. The molecule has 0 aromatic heterocycles. The molecule has 0 spiro atoms. The third-order valence-electron chi connectivity index (χ3n) is 7.60. The molecule has 1 aliphatic heterocycles. The molecule has 1 aliphatic carbocycles. The number of aryl methyl sites for hydroxylation is 1. The summed E-state index contributed by atoms with van der Waals surface area (Å²) in [6, 6.07) is 6.23. The quantitative estimate of drug-likeness (QED) is 0.344. The Bertz CT molecular complexity index is 1160. The fraction of sp³-hybridized carbons (Fsp3) is 0.536. The molecule has 2 aromatic carbocycles. The van der Waals surface area contributed by atoms with Crippen molar-refractivity contribution < 1.29 is 40.6 Å². The minimum Gasteiger partial charge on any atom is -0.439 e. The maximum absolute atomic E-state index is 13.6. The predicted molar refractivity (Wildman–Crippen MR) is 128 cm³/mol. The zero-order valence-corrected chi connectivity index (χ0v) is 21.5. The molecule has 0 bridgehead atoms. The number of cyclic esters (lactones) is 1. The third-order valence-corrected chi connectivity index (χ3v) is 7.60. The van der Waals surface area contributed by atoms with Crippen molar-refractivity contribution in [2.45, 2.75) is 83.1 Å². The molecule has 10 heteroatoms. The topological polar surface area (TPSA) is 38.8 Å². The molecular weight excluding hydrogens is 512 g/mol. The van der Waals surface area contributed by atoms with Crippen LogP contribution in [-0.2, 0) is 28.4 Å². The number of benzene rings is 2. The zero-order valence-electron chi connectivity index (χ0n) is 21.5. The summed E-state index contributed by atoms with van der Waals surface area (Å²) < 4.78 is 92.3. The average Bonchev–Trinajstić information content (AvgIpc) is 3.13. The second-order valence-electron chi connectivity index (χ2n) is 10.3. The molecule has 0 unspecified atom stereocenters. The predicted octanol–water partition coefficient (Wildman–Crippen LogP) is 8.38. The van der Waals surface area contributed by atoms with Crippen LogP contribution in [-0.4, -0.2) is 24.1 Å². The van der Waals surface area contributed by atoms with Gasteiger partial charge in [0.1, 0.15) is 6.10 Å². The van der Waals surface area contributed by atoms with E-state index < -0.39 is 47.8 Å². The molecule has 2 fully saturated rings. The standard InChI is InChI=1S/C28H31F6NO3/c1-16-11-19(13-22(12-16)28(32,33)34)24-17(2)35(26(36)38-24)15-20-14-21(27(29,30)31)9-10-23(20)25(37-3)18-7-5-4-6-8-18/h9-14,17-18,24-25H,4-8,15H2,1-3H3/t17-,24-,25+/m0/s1. The van der Waals surface area contributed by atoms with E-state index in [9.17, 15) is 31.1 Å². The third kappa shape index (κ3) is 5.95. The average molecular weight is 544 g/mol. The number of methoxy groups -OCH3 is 1. The van der Waals surface area contributed by atoms with E-state index in [0.29, 0.717) is 11.1 Å². The van der Waals surface area contributed by atoms with Crippen molar-refractivity contribution in [1.82, 2.24) is 4.90 Å². The molecule has 0 N–H and O–H groups in total. The Morgan fingerprint density at radius 2 is 1.63 bits per heavy atom. The minimum atomic E-state index is -4.59. The normalized spacial score (nSPS) is 22.0. The number of rotatable bonds is 6. The van der Waals surface area contributed by atoms with E-state index in [0.717, 1.165) is 56.4 Å². The summed E-state index contributed by atoms with van der Waals surface area (Å²) in [6.45, 7) is 2.94. The van der Waals surface area contributed by atoms with Gasteiger partial charge < -0.3 is 9.47 Å². The van der Waals surface area contributed by atoms with Gasteiger partial charge in [-0.05, 0) is 73.6 Å². The lowest BCUT2D eigenvalue weighted by molar-refractivity contribution is -0.138. The first-order valence-electron chi connectivity index (χ1n) is 12.7. The van der Waals surface area contributed by atoms with Crippen molar-refractivity contribution >= 4 is 6.09 Å². The molecule has 1 amide bonds. The van der Waals surface area contributed by atoms with Crippen LogP contribution in [0.1, 0.15) is 84.6 Å². The van der Waals surface area contributed by atoms with Crippen LogP contribution in [0.3, 0.4) is 0 Å². The van der Waals surface area contributed by atoms with Crippen molar-refractivity contribution in [2.75, 3.05) is 7.11 Å². The minimum absolute atomic E-state index is 0.132. The van der Waals surface area contributed by atoms with Crippen molar-refractivity contribution in [3.05, 3.63) is 69.8 Å². The van der Waals surface area contributed by atoms with Crippen LogP contribution in [0.2, 0.25) is 0 Å². The summed E-state index contributed by atoms with van der Waals surface area (Å²) in [5.41, 5.74) is -0.313. The second kappa shape index (κ2) is 10.8. The van der Waals surface area contributed by atoms with Crippen molar-refractivity contribution in [2.24, 2.45) is 5.92 Å². The summed E-state index contributed by atoms with van der Waals surface area (Å²) in [5.74, 6) is 0.132. The lowest BCUT2D eigenvalue weighted by atomic mass is 9.81. The first kappa shape index (κ1) is 28.3. The number of hydrogen-bond acceptors (Lipinski definition) is 3. The monoisotopic (exact) mass is 543 g/mol. The first-order valence-corrected chi connectivity index (χ1v) is 12.7. The molecule has 4 rings (SSSR count). The molecular formula is C28H31F6NO3. The highest BCUT2D eigenvalue weighted by Gasteiger charge is 2.42. The number of amides is 1. The van der Waals surface area contributed by atoms with E-state index in [1.54, 1.807) is 6.92 Å². The first-order chi connectivity index (χ1) is 17.8. The van der Waals surface area contributed by atoms with Crippen LogP contribution in [0.4, 0.5) is 31.1 Å². The van der Waals surface area contributed by atoms with E-state index in [1.165, 1.54) is 31.1 Å². The Kier molecular flexibility index (Phi) is 8.02. The number of carbonyl (C=O) groups is 1. The largest absolute Gasteiger partial charge is 0.439 e.